The van der Waals surface area contributed by atoms with E-state index in [-0.39, 0.29) is 17.7 Å². The molecule has 0 radical (unpaired) electrons. The molecule has 0 aliphatic carbocycles. The topological polar surface area (TPSA) is 12.0 Å². The molecule has 1 nitrogen and oxygen atoms in total. The van der Waals surface area contributed by atoms with E-state index in [9.17, 15) is 8.78 Å². The molecule has 5 heteroatoms. The van der Waals surface area contributed by atoms with Gasteiger partial charge in [-0.1, -0.05) is 22.0 Å². The highest BCUT2D eigenvalue weighted by atomic mass is 79.9. The van der Waals surface area contributed by atoms with Crippen molar-refractivity contribution in [2.24, 2.45) is 0 Å². The lowest BCUT2D eigenvalue weighted by molar-refractivity contribution is 0.625. The summed E-state index contributed by atoms with van der Waals surface area (Å²) in [4.78, 5) is 0. The van der Waals surface area contributed by atoms with Gasteiger partial charge in [0.25, 0.3) is 0 Å². The Kier molecular flexibility index (Phi) is 4.58. The van der Waals surface area contributed by atoms with Crippen LogP contribution in [0.1, 0.15) is 18.5 Å². The Morgan fingerprint density at radius 2 is 1.58 bits per heavy atom. The van der Waals surface area contributed by atoms with E-state index in [0.29, 0.717) is 10.2 Å². The first-order valence-electron chi connectivity index (χ1n) is 5.64. The van der Waals surface area contributed by atoms with Crippen LogP contribution in [0, 0.1) is 11.6 Å². The third-order valence-corrected chi connectivity index (χ3v) is 4.11. The van der Waals surface area contributed by atoms with Gasteiger partial charge in [0, 0.05) is 15.0 Å². The van der Waals surface area contributed by atoms with E-state index in [0.717, 1.165) is 10.0 Å². The van der Waals surface area contributed by atoms with Gasteiger partial charge in [-0.05, 0) is 58.7 Å². The second-order valence-electron chi connectivity index (χ2n) is 4.16. The summed E-state index contributed by atoms with van der Waals surface area (Å²) in [6.07, 6.45) is 0. The summed E-state index contributed by atoms with van der Waals surface area (Å²) in [6, 6.07) is 8.86. The zero-order valence-electron chi connectivity index (χ0n) is 10.1. The Balaban J connectivity index is 2.25. The monoisotopic (exact) mass is 389 g/mol. The van der Waals surface area contributed by atoms with Crippen molar-refractivity contribution < 1.29 is 8.78 Å². The molecule has 0 amide bonds. The first-order chi connectivity index (χ1) is 8.97. The van der Waals surface area contributed by atoms with E-state index in [1.54, 1.807) is 12.1 Å². The van der Waals surface area contributed by atoms with Crippen LogP contribution in [0.3, 0.4) is 0 Å². The fourth-order valence-corrected chi connectivity index (χ4v) is 2.83. The van der Waals surface area contributed by atoms with Crippen LogP contribution in [0.25, 0.3) is 0 Å². The number of nitrogens with one attached hydrogen (secondary N) is 1. The summed E-state index contributed by atoms with van der Waals surface area (Å²) in [5.74, 6) is -0.606. The van der Waals surface area contributed by atoms with Gasteiger partial charge < -0.3 is 5.32 Å². The predicted octanol–water partition coefficient (Wildman–Crippen LogP) is 5.66. The van der Waals surface area contributed by atoms with Gasteiger partial charge >= 0.3 is 0 Å². The minimum atomic E-state index is -0.309. The number of rotatable bonds is 3. The van der Waals surface area contributed by atoms with Crippen LogP contribution in [0.5, 0.6) is 0 Å². The number of anilines is 1. The first-order valence-corrected chi connectivity index (χ1v) is 7.22. The molecule has 2 aromatic carbocycles. The Morgan fingerprint density at radius 3 is 2.26 bits per heavy atom. The Labute approximate surface area is 127 Å². The molecule has 1 unspecified atom stereocenters. The third-order valence-electron chi connectivity index (χ3n) is 2.73. The fraction of sp³-hybridized carbons (Fsp3) is 0.143. The van der Waals surface area contributed by atoms with Crippen molar-refractivity contribution in [1.29, 1.82) is 0 Å². The predicted molar refractivity (Wildman–Crippen MR) is 80.2 cm³/mol. The summed E-state index contributed by atoms with van der Waals surface area (Å²) in [7, 11) is 0. The molecule has 0 saturated carbocycles. The molecule has 0 bridgehead atoms. The quantitative estimate of drug-likeness (QED) is 0.712. The average Bonchev–Trinajstić information content (AvgIpc) is 2.33. The molecule has 100 valence electrons. The van der Waals surface area contributed by atoms with E-state index in [1.807, 2.05) is 6.92 Å². The second-order valence-corrected chi connectivity index (χ2v) is 5.86. The maximum Gasteiger partial charge on any atom is 0.125 e. The maximum absolute atomic E-state index is 13.2. The third kappa shape index (κ3) is 3.54. The Bertz CT molecular complexity index is 602. The summed E-state index contributed by atoms with van der Waals surface area (Å²) in [5, 5.41) is 3.19. The van der Waals surface area contributed by atoms with Gasteiger partial charge in [0.05, 0.1) is 5.69 Å². The second kappa shape index (κ2) is 6.01. The largest absolute Gasteiger partial charge is 0.377 e. The average molecular weight is 391 g/mol. The minimum Gasteiger partial charge on any atom is -0.377 e. The lowest BCUT2D eigenvalue weighted by Crippen LogP contribution is -2.08. The molecule has 1 N–H and O–H groups in total. The van der Waals surface area contributed by atoms with Gasteiger partial charge in [-0.3, -0.25) is 0 Å². The van der Waals surface area contributed by atoms with Gasteiger partial charge in [-0.15, -0.1) is 0 Å². The fourth-order valence-electron chi connectivity index (χ4n) is 1.77. The maximum atomic E-state index is 13.2. The minimum absolute atomic E-state index is 0.0897. The van der Waals surface area contributed by atoms with Crippen LogP contribution >= 0.6 is 31.9 Å². The van der Waals surface area contributed by atoms with E-state index < -0.39 is 0 Å². The van der Waals surface area contributed by atoms with Crippen LogP contribution < -0.4 is 5.32 Å². The number of benzene rings is 2. The lowest BCUT2D eigenvalue weighted by atomic mass is 10.1. The van der Waals surface area contributed by atoms with Gasteiger partial charge in [0.2, 0.25) is 0 Å². The molecule has 2 aromatic rings. The number of hydrogen-bond donors (Lipinski definition) is 1. The molecular formula is C14H11Br2F2N. The molecule has 0 aliphatic heterocycles. The molecule has 2 rings (SSSR count). The molecule has 0 aromatic heterocycles. The Hall–Kier alpha value is -0.940. The molecule has 0 saturated heterocycles. The summed E-state index contributed by atoms with van der Waals surface area (Å²) in [5.41, 5.74) is 1.56. The standard InChI is InChI=1S/C14H11Br2F2N/c1-8(11-4-2-9(17)6-13(11)16)19-14-7-10(18)3-5-12(14)15/h2-8,19H,1H3. The zero-order valence-corrected chi connectivity index (χ0v) is 13.2. The lowest BCUT2D eigenvalue weighted by Gasteiger charge is -2.18. The van der Waals surface area contributed by atoms with Crippen molar-refractivity contribution >= 4 is 37.5 Å². The van der Waals surface area contributed by atoms with Gasteiger partial charge in [-0.2, -0.15) is 0 Å². The number of hydrogen-bond acceptors (Lipinski definition) is 1. The molecule has 0 aliphatic rings. The van der Waals surface area contributed by atoms with Crippen LogP contribution in [0.4, 0.5) is 14.5 Å². The van der Waals surface area contributed by atoms with E-state index in [4.69, 9.17) is 0 Å². The van der Waals surface area contributed by atoms with Crippen LogP contribution in [0.2, 0.25) is 0 Å². The molecular weight excluding hydrogens is 380 g/mol. The van der Waals surface area contributed by atoms with E-state index in [1.165, 1.54) is 24.3 Å². The van der Waals surface area contributed by atoms with E-state index in [2.05, 4.69) is 37.2 Å². The van der Waals surface area contributed by atoms with Crippen LogP contribution in [0.15, 0.2) is 45.3 Å². The Morgan fingerprint density at radius 1 is 0.947 bits per heavy atom. The van der Waals surface area contributed by atoms with Crippen molar-refractivity contribution in [3.8, 4) is 0 Å². The molecule has 0 fully saturated rings. The molecule has 1 atom stereocenters. The first kappa shape index (κ1) is 14.5. The highest BCUT2D eigenvalue weighted by Gasteiger charge is 2.12. The zero-order chi connectivity index (χ0) is 14.0. The van der Waals surface area contributed by atoms with Crippen molar-refractivity contribution in [3.05, 3.63) is 62.5 Å². The van der Waals surface area contributed by atoms with Crippen molar-refractivity contribution in [2.45, 2.75) is 13.0 Å². The molecule has 0 heterocycles. The van der Waals surface area contributed by atoms with Gasteiger partial charge in [-0.25, -0.2) is 8.78 Å². The van der Waals surface area contributed by atoms with E-state index >= 15 is 0 Å². The smallest absolute Gasteiger partial charge is 0.125 e. The normalized spacial score (nSPS) is 12.3. The van der Waals surface area contributed by atoms with Gasteiger partial charge in [0.1, 0.15) is 11.6 Å². The SMILES string of the molecule is CC(Nc1cc(F)ccc1Br)c1ccc(F)cc1Br. The van der Waals surface area contributed by atoms with Crippen molar-refractivity contribution in [3.63, 3.8) is 0 Å². The molecule has 0 spiro atoms. The van der Waals surface area contributed by atoms with Gasteiger partial charge in [0.15, 0.2) is 0 Å². The van der Waals surface area contributed by atoms with Crippen LogP contribution in [-0.4, -0.2) is 0 Å². The van der Waals surface area contributed by atoms with Crippen molar-refractivity contribution in [2.75, 3.05) is 5.32 Å². The molecule has 19 heavy (non-hydrogen) atoms. The highest BCUT2D eigenvalue weighted by molar-refractivity contribution is 9.11. The summed E-state index contributed by atoms with van der Waals surface area (Å²) in [6.45, 7) is 1.93. The van der Waals surface area contributed by atoms with Crippen LogP contribution in [-0.2, 0) is 0 Å². The summed E-state index contributed by atoms with van der Waals surface area (Å²) >= 11 is 6.69. The highest BCUT2D eigenvalue weighted by Crippen LogP contribution is 2.30. The summed E-state index contributed by atoms with van der Waals surface area (Å²) < 4.78 is 27.7. The number of halogens is 4. The van der Waals surface area contributed by atoms with Crippen molar-refractivity contribution in [1.82, 2.24) is 0 Å².